The second kappa shape index (κ2) is 9.96. The number of nitrogens with zero attached hydrogens (tertiary/aromatic N) is 3. The van der Waals surface area contributed by atoms with Crippen LogP contribution in [0.1, 0.15) is 24.7 Å². The Labute approximate surface area is 178 Å². The smallest absolute Gasteiger partial charge is 0.234 e. The molecule has 1 N–H and O–H groups in total. The van der Waals surface area contributed by atoms with Crippen molar-refractivity contribution in [2.75, 3.05) is 11.1 Å². The molecule has 1 amide bonds. The Bertz CT molecular complexity index is 947. The van der Waals surface area contributed by atoms with Gasteiger partial charge >= 0.3 is 0 Å². The summed E-state index contributed by atoms with van der Waals surface area (Å²) in [5.41, 5.74) is 1.72. The second-order valence-corrected chi connectivity index (χ2v) is 7.96. The number of hydrogen-bond donors (Lipinski definition) is 1. The zero-order valence-corrected chi connectivity index (χ0v) is 17.7. The lowest BCUT2D eigenvalue weighted by Crippen LogP contribution is -2.15. The van der Waals surface area contributed by atoms with Crippen LogP contribution < -0.4 is 5.32 Å². The molecule has 1 heterocycles. The van der Waals surface area contributed by atoms with E-state index in [9.17, 15) is 4.79 Å². The Morgan fingerprint density at radius 2 is 1.93 bits per heavy atom. The average molecular weight is 435 g/mol. The van der Waals surface area contributed by atoms with Crippen LogP contribution >= 0.6 is 35.0 Å². The van der Waals surface area contributed by atoms with Gasteiger partial charge < -0.3 is 9.88 Å². The SMILES string of the molecule is CCCn1c(Cc2ccccc2)nnc1SCC(=O)Nc1ccc(Cl)cc1Cl. The van der Waals surface area contributed by atoms with E-state index in [0.717, 1.165) is 23.9 Å². The predicted molar refractivity (Wildman–Crippen MR) is 115 cm³/mol. The molecule has 3 rings (SSSR count). The minimum absolute atomic E-state index is 0.162. The van der Waals surface area contributed by atoms with E-state index in [0.29, 0.717) is 22.2 Å². The minimum atomic E-state index is -0.162. The highest BCUT2D eigenvalue weighted by molar-refractivity contribution is 7.99. The quantitative estimate of drug-likeness (QED) is 0.487. The molecule has 0 radical (unpaired) electrons. The van der Waals surface area contributed by atoms with E-state index in [1.165, 1.54) is 17.3 Å². The summed E-state index contributed by atoms with van der Waals surface area (Å²) in [6.45, 7) is 2.91. The molecule has 0 unspecified atom stereocenters. The third kappa shape index (κ3) is 5.50. The Morgan fingerprint density at radius 1 is 1.14 bits per heavy atom. The standard InChI is InChI=1S/C20H20Cl2N4OS/c1-2-10-26-18(11-14-6-4-3-5-7-14)24-25-20(26)28-13-19(27)23-17-9-8-15(21)12-16(17)22/h3-9,12H,2,10-11,13H2,1H3,(H,23,27). The minimum Gasteiger partial charge on any atom is -0.324 e. The average Bonchev–Trinajstić information content (AvgIpc) is 3.05. The third-order valence-electron chi connectivity index (χ3n) is 3.98. The summed E-state index contributed by atoms with van der Waals surface area (Å²) in [5.74, 6) is 0.952. The summed E-state index contributed by atoms with van der Waals surface area (Å²) >= 11 is 13.4. The highest BCUT2D eigenvalue weighted by Crippen LogP contribution is 2.26. The van der Waals surface area contributed by atoms with Crippen LogP contribution in [0.25, 0.3) is 0 Å². The van der Waals surface area contributed by atoms with Gasteiger partial charge in [0, 0.05) is 18.0 Å². The van der Waals surface area contributed by atoms with Crippen LogP contribution in [0.4, 0.5) is 5.69 Å². The zero-order valence-electron chi connectivity index (χ0n) is 15.4. The van der Waals surface area contributed by atoms with Crippen molar-refractivity contribution in [1.82, 2.24) is 14.8 Å². The zero-order chi connectivity index (χ0) is 19.9. The van der Waals surface area contributed by atoms with Crippen LogP contribution in [0.5, 0.6) is 0 Å². The van der Waals surface area contributed by atoms with E-state index >= 15 is 0 Å². The molecule has 0 saturated carbocycles. The van der Waals surface area contributed by atoms with E-state index in [4.69, 9.17) is 23.2 Å². The maximum atomic E-state index is 12.3. The van der Waals surface area contributed by atoms with Crippen LogP contribution in [0, 0.1) is 0 Å². The first kappa shape index (κ1) is 20.7. The molecule has 0 aliphatic carbocycles. The number of amides is 1. The van der Waals surface area contributed by atoms with E-state index in [1.807, 2.05) is 18.2 Å². The number of carbonyl (C=O) groups excluding carboxylic acids is 1. The third-order valence-corrected chi connectivity index (χ3v) is 5.50. The fourth-order valence-electron chi connectivity index (χ4n) is 2.69. The first-order chi connectivity index (χ1) is 13.6. The molecule has 8 heteroatoms. The first-order valence-electron chi connectivity index (χ1n) is 8.90. The number of thioether (sulfide) groups is 1. The lowest BCUT2D eigenvalue weighted by Gasteiger charge is -2.10. The fourth-order valence-corrected chi connectivity index (χ4v) is 3.93. The normalized spacial score (nSPS) is 10.8. The van der Waals surface area contributed by atoms with Gasteiger partial charge in [0.05, 0.1) is 16.5 Å². The van der Waals surface area contributed by atoms with Crippen molar-refractivity contribution in [1.29, 1.82) is 0 Å². The maximum Gasteiger partial charge on any atom is 0.234 e. The molecule has 0 aliphatic heterocycles. The number of anilines is 1. The lowest BCUT2D eigenvalue weighted by atomic mass is 10.1. The molecule has 1 aromatic heterocycles. The molecule has 28 heavy (non-hydrogen) atoms. The molecule has 0 atom stereocenters. The van der Waals surface area contributed by atoms with Gasteiger partial charge in [-0.15, -0.1) is 10.2 Å². The van der Waals surface area contributed by atoms with Gasteiger partial charge in [-0.1, -0.05) is 72.2 Å². The Morgan fingerprint density at radius 3 is 2.64 bits per heavy atom. The van der Waals surface area contributed by atoms with E-state index in [-0.39, 0.29) is 11.7 Å². The van der Waals surface area contributed by atoms with Crippen molar-refractivity contribution in [3.63, 3.8) is 0 Å². The van der Waals surface area contributed by atoms with Crippen molar-refractivity contribution in [2.24, 2.45) is 0 Å². The van der Waals surface area contributed by atoms with Crippen LogP contribution in [0.15, 0.2) is 53.7 Å². The number of hydrogen-bond acceptors (Lipinski definition) is 4. The van der Waals surface area contributed by atoms with Crippen LogP contribution in [0.2, 0.25) is 10.0 Å². The highest BCUT2D eigenvalue weighted by Gasteiger charge is 2.15. The second-order valence-electron chi connectivity index (χ2n) is 6.17. The number of carbonyl (C=O) groups is 1. The largest absolute Gasteiger partial charge is 0.324 e. The molecular weight excluding hydrogens is 415 g/mol. The molecule has 3 aromatic rings. The summed E-state index contributed by atoms with van der Waals surface area (Å²) in [5, 5.41) is 13.1. The molecule has 2 aromatic carbocycles. The number of halogens is 2. The topological polar surface area (TPSA) is 59.8 Å². The number of aromatic nitrogens is 3. The number of nitrogens with one attached hydrogen (secondary N) is 1. The molecule has 0 fully saturated rings. The molecule has 0 saturated heterocycles. The molecular formula is C20H20Cl2N4OS. The van der Waals surface area contributed by atoms with E-state index < -0.39 is 0 Å². The lowest BCUT2D eigenvalue weighted by molar-refractivity contribution is -0.113. The van der Waals surface area contributed by atoms with Crippen molar-refractivity contribution in [3.05, 3.63) is 70.0 Å². The monoisotopic (exact) mass is 434 g/mol. The summed E-state index contributed by atoms with van der Waals surface area (Å²) in [6, 6.07) is 15.1. The Kier molecular flexibility index (Phi) is 7.36. The maximum absolute atomic E-state index is 12.3. The first-order valence-corrected chi connectivity index (χ1v) is 10.6. The van der Waals surface area contributed by atoms with E-state index in [1.54, 1.807) is 18.2 Å². The van der Waals surface area contributed by atoms with Crippen molar-refractivity contribution in [2.45, 2.75) is 31.5 Å². The van der Waals surface area contributed by atoms with Gasteiger partial charge in [-0.3, -0.25) is 4.79 Å². The van der Waals surface area contributed by atoms with Gasteiger partial charge in [0.1, 0.15) is 5.82 Å². The van der Waals surface area contributed by atoms with Gasteiger partial charge in [-0.2, -0.15) is 0 Å². The van der Waals surface area contributed by atoms with Crippen LogP contribution in [0.3, 0.4) is 0 Å². The van der Waals surface area contributed by atoms with Gasteiger partial charge in [-0.25, -0.2) is 0 Å². The van der Waals surface area contributed by atoms with Gasteiger partial charge in [0.25, 0.3) is 0 Å². The van der Waals surface area contributed by atoms with E-state index in [2.05, 4.69) is 39.1 Å². The highest BCUT2D eigenvalue weighted by atomic mass is 35.5. The molecule has 5 nitrogen and oxygen atoms in total. The Balaban J connectivity index is 1.65. The molecule has 146 valence electrons. The van der Waals surface area contributed by atoms with Gasteiger partial charge in [-0.05, 0) is 30.2 Å². The fraction of sp³-hybridized carbons (Fsp3) is 0.250. The number of benzene rings is 2. The summed E-state index contributed by atoms with van der Waals surface area (Å²) in [7, 11) is 0. The molecule has 0 bridgehead atoms. The summed E-state index contributed by atoms with van der Waals surface area (Å²) in [4.78, 5) is 12.3. The number of rotatable bonds is 8. The van der Waals surface area contributed by atoms with Gasteiger partial charge in [0.15, 0.2) is 5.16 Å². The van der Waals surface area contributed by atoms with Crippen LogP contribution in [-0.2, 0) is 17.8 Å². The Hall–Kier alpha value is -2.02. The summed E-state index contributed by atoms with van der Waals surface area (Å²) < 4.78 is 2.08. The predicted octanol–water partition coefficient (Wildman–Crippen LogP) is 5.32. The summed E-state index contributed by atoms with van der Waals surface area (Å²) in [6.07, 6.45) is 1.67. The van der Waals surface area contributed by atoms with Gasteiger partial charge in [0.2, 0.25) is 5.91 Å². The molecule has 0 spiro atoms. The van der Waals surface area contributed by atoms with Crippen molar-refractivity contribution < 1.29 is 4.79 Å². The van der Waals surface area contributed by atoms with Crippen molar-refractivity contribution >= 4 is 46.6 Å². The molecule has 0 aliphatic rings. The van der Waals surface area contributed by atoms with Crippen molar-refractivity contribution in [3.8, 4) is 0 Å². The van der Waals surface area contributed by atoms with Crippen LogP contribution in [-0.4, -0.2) is 26.4 Å².